The Labute approximate surface area is 206 Å². The molecule has 0 aromatic carbocycles. The van der Waals surface area contributed by atoms with Gasteiger partial charge in [-0.25, -0.2) is 0 Å². The molecule has 0 aliphatic heterocycles. The summed E-state index contributed by atoms with van der Waals surface area (Å²) in [5, 5.41) is 6.13. The highest BCUT2D eigenvalue weighted by atomic mass is 16.2. The number of carbonyl (C=O) groups is 2. The number of hydrogen-bond donors (Lipinski definition) is 2. The standard InChI is InChI=1S/C29H58N2O2/c1-5-7-9-11-13-15-17-19-21-23-27(32)30-25-29(3,4)26-31-28(33)24-22-20-18-16-14-12-10-8-6-2/h5-26H2,1-4H3,(H,30,32)(H,31,33). The van der Waals surface area contributed by atoms with Crippen molar-refractivity contribution in [2.45, 2.75) is 156 Å². The van der Waals surface area contributed by atoms with Gasteiger partial charge in [0.05, 0.1) is 0 Å². The molecule has 2 amide bonds. The van der Waals surface area contributed by atoms with Gasteiger partial charge in [-0.15, -0.1) is 0 Å². The summed E-state index contributed by atoms with van der Waals surface area (Å²) in [6, 6.07) is 0. The highest BCUT2D eigenvalue weighted by Crippen LogP contribution is 2.14. The number of hydrogen-bond acceptors (Lipinski definition) is 2. The van der Waals surface area contributed by atoms with Gasteiger partial charge < -0.3 is 10.6 Å². The van der Waals surface area contributed by atoms with Gasteiger partial charge in [0.15, 0.2) is 0 Å². The maximum atomic E-state index is 12.1. The molecule has 0 atom stereocenters. The van der Waals surface area contributed by atoms with Gasteiger partial charge in [-0.1, -0.05) is 130 Å². The molecule has 0 radical (unpaired) electrons. The largest absolute Gasteiger partial charge is 0.356 e. The van der Waals surface area contributed by atoms with Gasteiger partial charge in [0.1, 0.15) is 0 Å². The van der Waals surface area contributed by atoms with Crippen molar-refractivity contribution in [3.05, 3.63) is 0 Å². The predicted octanol–water partition coefficient (Wildman–Crippen LogP) is 8.09. The molecule has 0 saturated heterocycles. The molecule has 4 heteroatoms. The van der Waals surface area contributed by atoms with E-state index in [4.69, 9.17) is 0 Å². The fourth-order valence-corrected chi connectivity index (χ4v) is 4.11. The van der Waals surface area contributed by atoms with Gasteiger partial charge in [-0.2, -0.15) is 0 Å². The lowest BCUT2D eigenvalue weighted by atomic mass is 9.93. The number of rotatable bonds is 24. The summed E-state index contributed by atoms with van der Waals surface area (Å²) in [6.07, 6.45) is 24.1. The van der Waals surface area contributed by atoms with Crippen LogP contribution in [-0.2, 0) is 9.59 Å². The minimum absolute atomic E-state index is 0.123. The van der Waals surface area contributed by atoms with Crippen LogP contribution in [0.3, 0.4) is 0 Å². The fourth-order valence-electron chi connectivity index (χ4n) is 4.11. The quantitative estimate of drug-likeness (QED) is 0.141. The molecular formula is C29H58N2O2. The molecule has 0 aliphatic carbocycles. The van der Waals surface area contributed by atoms with Crippen LogP contribution in [0.1, 0.15) is 156 Å². The first-order valence-corrected chi connectivity index (χ1v) is 14.4. The molecule has 0 rings (SSSR count). The maximum Gasteiger partial charge on any atom is 0.220 e. The Morgan fingerprint density at radius 2 is 0.758 bits per heavy atom. The van der Waals surface area contributed by atoms with E-state index < -0.39 is 0 Å². The van der Waals surface area contributed by atoms with Gasteiger partial charge in [-0.05, 0) is 18.3 Å². The Hall–Kier alpha value is -1.06. The van der Waals surface area contributed by atoms with E-state index in [2.05, 4.69) is 38.3 Å². The zero-order chi connectivity index (χ0) is 24.6. The third-order valence-electron chi connectivity index (χ3n) is 6.54. The Kier molecular flexibility index (Phi) is 22.0. The van der Waals surface area contributed by atoms with Crippen LogP contribution in [0.2, 0.25) is 0 Å². The van der Waals surface area contributed by atoms with Crippen molar-refractivity contribution >= 4 is 11.8 Å². The summed E-state index contributed by atoms with van der Waals surface area (Å²) in [7, 11) is 0. The van der Waals surface area contributed by atoms with Crippen molar-refractivity contribution in [3.8, 4) is 0 Å². The van der Waals surface area contributed by atoms with E-state index in [0.717, 1.165) is 25.7 Å². The first-order chi connectivity index (χ1) is 15.9. The Bertz CT molecular complexity index is 423. The predicted molar refractivity (Wildman–Crippen MR) is 143 cm³/mol. The first kappa shape index (κ1) is 31.9. The highest BCUT2D eigenvalue weighted by Gasteiger charge is 2.19. The smallest absolute Gasteiger partial charge is 0.220 e. The van der Waals surface area contributed by atoms with Crippen molar-refractivity contribution in [2.24, 2.45) is 5.41 Å². The van der Waals surface area contributed by atoms with E-state index >= 15 is 0 Å². The average Bonchev–Trinajstić information content (AvgIpc) is 2.79. The van der Waals surface area contributed by atoms with Crippen LogP contribution in [-0.4, -0.2) is 24.9 Å². The van der Waals surface area contributed by atoms with Gasteiger partial charge >= 0.3 is 0 Å². The molecule has 0 aromatic heterocycles. The van der Waals surface area contributed by atoms with E-state index in [-0.39, 0.29) is 17.2 Å². The molecule has 4 nitrogen and oxygen atoms in total. The summed E-state index contributed by atoms with van der Waals surface area (Å²) < 4.78 is 0. The summed E-state index contributed by atoms with van der Waals surface area (Å²) in [4.78, 5) is 24.3. The third kappa shape index (κ3) is 23.9. The number of amides is 2. The maximum absolute atomic E-state index is 12.1. The Morgan fingerprint density at radius 1 is 0.485 bits per heavy atom. The molecular weight excluding hydrogens is 408 g/mol. The van der Waals surface area contributed by atoms with E-state index in [9.17, 15) is 9.59 Å². The van der Waals surface area contributed by atoms with Gasteiger partial charge in [-0.3, -0.25) is 9.59 Å². The van der Waals surface area contributed by atoms with Crippen LogP contribution >= 0.6 is 0 Å². The fraction of sp³-hybridized carbons (Fsp3) is 0.931. The summed E-state index contributed by atoms with van der Waals surface area (Å²) >= 11 is 0. The normalized spacial score (nSPS) is 11.5. The summed E-state index contributed by atoms with van der Waals surface area (Å²) in [5.41, 5.74) is -0.123. The first-order valence-electron chi connectivity index (χ1n) is 14.4. The van der Waals surface area contributed by atoms with Crippen molar-refractivity contribution in [1.29, 1.82) is 0 Å². The number of unbranched alkanes of at least 4 members (excludes halogenated alkanes) is 16. The molecule has 0 aliphatic rings. The molecule has 0 bridgehead atoms. The SMILES string of the molecule is CCCCCCCCCCCC(=O)NCC(C)(C)CNC(=O)CCCCCCCCCCC. The van der Waals surface area contributed by atoms with Crippen LogP contribution in [0.15, 0.2) is 0 Å². The lowest BCUT2D eigenvalue weighted by Gasteiger charge is -2.25. The molecule has 0 heterocycles. The zero-order valence-electron chi connectivity index (χ0n) is 22.9. The number of carbonyl (C=O) groups excluding carboxylic acids is 2. The van der Waals surface area contributed by atoms with Crippen LogP contribution < -0.4 is 10.6 Å². The molecule has 33 heavy (non-hydrogen) atoms. The van der Waals surface area contributed by atoms with Crippen LogP contribution in [0.5, 0.6) is 0 Å². The Morgan fingerprint density at radius 3 is 1.06 bits per heavy atom. The zero-order valence-corrected chi connectivity index (χ0v) is 22.9. The lowest BCUT2D eigenvalue weighted by molar-refractivity contribution is -0.121. The molecule has 0 saturated carbocycles. The van der Waals surface area contributed by atoms with E-state index in [1.807, 2.05) is 0 Å². The summed E-state index contributed by atoms with van der Waals surface area (Å²) in [5.74, 6) is 0.291. The van der Waals surface area contributed by atoms with E-state index in [0.29, 0.717) is 25.9 Å². The minimum Gasteiger partial charge on any atom is -0.356 e. The Balaban J connectivity index is 3.62. The molecule has 0 aromatic rings. The minimum atomic E-state index is -0.123. The third-order valence-corrected chi connectivity index (χ3v) is 6.54. The molecule has 2 N–H and O–H groups in total. The second-order valence-corrected chi connectivity index (χ2v) is 10.9. The van der Waals surface area contributed by atoms with Crippen molar-refractivity contribution in [1.82, 2.24) is 10.6 Å². The lowest BCUT2D eigenvalue weighted by Crippen LogP contribution is -2.42. The molecule has 0 spiro atoms. The van der Waals surface area contributed by atoms with Crippen LogP contribution in [0, 0.1) is 5.41 Å². The van der Waals surface area contributed by atoms with E-state index in [1.165, 1.54) is 89.9 Å². The second-order valence-electron chi connectivity index (χ2n) is 10.9. The molecule has 196 valence electrons. The van der Waals surface area contributed by atoms with Crippen molar-refractivity contribution < 1.29 is 9.59 Å². The van der Waals surface area contributed by atoms with Gasteiger partial charge in [0.25, 0.3) is 0 Å². The average molecular weight is 467 g/mol. The number of nitrogens with one attached hydrogen (secondary N) is 2. The molecule has 0 unspecified atom stereocenters. The molecule has 0 fully saturated rings. The van der Waals surface area contributed by atoms with E-state index in [1.54, 1.807) is 0 Å². The summed E-state index contributed by atoms with van der Waals surface area (Å²) in [6.45, 7) is 9.93. The highest BCUT2D eigenvalue weighted by molar-refractivity contribution is 5.76. The van der Waals surface area contributed by atoms with Crippen LogP contribution in [0.25, 0.3) is 0 Å². The van der Waals surface area contributed by atoms with Gasteiger partial charge in [0.2, 0.25) is 11.8 Å². The second kappa shape index (κ2) is 22.7. The monoisotopic (exact) mass is 466 g/mol. The van der Waals surface area contributed by atoms with Crippen molar-refractivity contribution in [2.75, 3.05) is 13.1 Å². The van der Waals surface area contributed by atoms with Gasteiger partial charge in [0, 0.05) is 25.9 Å². The van der Waals surface area contributed by atoms with Crippen LogP contribution in [0.4, 0.5) is 0 Å². The topological polar surface area (TPSA) is 58.2 Å². The van der Waals surface area contributed by atoms with Crippen molar-refractivity contribution in [3.63, 3.8) is 0 Å².